The van der Waals surface area contributed by atoms with Crippen molar-refractivity contribution in [3.05, 3.63) is 81.5 Å². The number of aryl methyl sites for hydroxylation is 1. The van der Waals surface area contributed by atoms with Crippen LogP contribution in [0.3, 0.4) is 0 Å². The van der Waals surface area contributed by atoms with Crippen LogP contribution in [-0.2, 0) is 22.4 Å². The Hall–Kier alpha value is -3.85. The molecule has 1 atom stereocenters. The summed E-state index contributed by atoms with van der Waals surface area (Å²) in [5.41, 5.74) is 2.20. The number of amides is 2. The second-order valence-electron chi connectivity index (χ2n) is 8.56. The van der Waals surface area contributed by atoms with E-state index >= 15 is 0 Å². The second kappa shape index (κ2) is 13.5. The fourth-order valence-electron chi connectivity index (χ4n) is 4.01. The number of aliphatic carboxylic acids is 1. The number of thiophene rings is 1. The number of nitrogens with zero attached hydrogens (tertiary/aromatic N) is 1. The van der Waals surface area contributed by atoms with Crippen molar-refractivity contribution in [2.45, 2.75) is 32.2 Å². The van der Waals surface area contributed by atoms with Crippen molar-refractivity contribution in [1.82, 2.24) is 10.2 Å². The van der Waals surface area contributed by atoms with Gasteiger partial charge in [-0.2, -0.15) is 0 Å². The molecule has 0 aliphatic carbocycles. The van der Waals surface area contributed by atoms with Crippen LogP contribution in [0.25, 0.3) is 0 Å². The summed E-state index contributed by atoms with van der Waals surface area (Å²) in [4.78, 5) is 40.6. The summed E-state index contributed by atoms with van der Waals surface area (Å²) >= 11 is 1.43. The quantitative estimate of drug-likeness (QED) is 0.351. The first kappa shape index (κ1) is 27.7. The molecule has 8 nitrogen and oxygen atoms in total. The maximum absolute atomic E-state index is 13.6. The zero-order chi connectivity index (χ0) is 26.8. The van der Waals surface area contributed by atoms with Crippen LogP contribution < -0.4 is 14.8 Å². The fourth-order valence-corrected chi connectivity index (χ4v) is 4.76. The SMILES string of the molecule is COc1cc(C(=O)N(CCCc2ccccc2)CC(=O)NC(Cc2cccs2)C(=O)O)cc(OC)c1C. The second-order valence-corrected chi connectivity index (χ2v) is 9.60. The van der Waals surface area contributed by atoms with Gasteiger partial charge in [0.1, 0.15) is 17.5 Å². The molecule has 1 aromatic heterocycles. The first-order valence-corrected chi connectivity index (χ1v) is 12.8. The third-order valence-electron chi connectivity index (χ3n) is 5.98. The lowest BCUT2D eigenvalue weighted by atomic mass is 10.1. The van der Waals surface area contributed by atoms with Crippen LogP contribution in [0, 0.1) is 6.92 Å². The number of nitrogens with one attached hydrogen (secondary N) is 1. The predicted molar refractivity (Wildman–Crippen MR) is 143 cm³/mol. The molecule has 3 aromatic rings. The lowest BCUT2D eigenvalue weighted by Crippen LogP contribution is -2.48. The van der Waals surface area contributed by atoms with Crippen molar-refractivity contribution >= 4 is 29.1 Å². The molecule has 2 amide bonds. The molecule has 0 aliphatic heterocycles. The van der Waals surface area contributed by atoms with Crippen molar-refractivity contribution in [2.24, 2.45) is 0 Å². The van der Waals surface area contributed by atoms with Crippen LogP contribution in [0.2, 0.25) is 0 Å². The highest BCUT2D eigenvalue weighted by Gasteiger charge is 2.25. The minimum Gasteiger partial charge on any atom is -0.496 e. The van der Waals surface area contributed by atoms with E-state index in [0.717, 1.165) is 22.4 Å². The topological polar surface area (TPSA) is 105 Å². The van der Waals surface area contributed by atoms with Crippen LogP contribution in [0.15, 0.2) is 60.0 Å². The van der Waals surface area contributed by atoms with Crippen molar-refractivity contribution in [1.29, 1.82) is 0 Å². The van der Waals surface area contributed by atoms with E-state index in [-0.39, 0.29) is 18.9 Å². The van der Waals surface area contributed by atoms with Gasteiger partial charge in [0.25, 0.3) is 5.91 Å². The summed E-state index contributed by atoms with van der Waals surface area (Å²) in [6.07, 6.45) is 1.52. The van der Waals surface area contributed by atoms with E-state index in [1.165, 1.54) is 30.5 Å². The van der Waals surface area contributed by atoms with Crippen molar-refractivity contribution < 1.29 is 29.0 Å². The van der Waals surface area contributed by atoms with Gasteiger partial charge in [-0.05, 0) is 48.9 Å². The molecule has 196 valence electrons. The number of carbonyl (C=O) groups excluding carboxylic acids is 2. The first-order valence-electron chi connectivity index (χ1n) is 11.9. The number of hydrogen-bond acceptors (Lipinski definition) is 6. The molecule has 2 aromatic carbocycles. The largest absolute Gasteiger partial charge is 0.496 e. The van der Waals surface area contributed by atoms with Crippen LogP contribution in [0.1, 0.15) is 32.8 Å². The Labute approximate surface area is 220 Å². The molecular formula is C28H32N2O6S. The fraction of sp³-hybridized carbons (Fsp3) is 0.321. The molecule has 9 heteroatoms. The molecule has 1 heterocycles. The number of ether oxygens (including phenoxy) is 2. The maximum atomic E-state index is 13.6. The average molecular weight is 525 g/mol. The van der Waals surface area contributed by atoms with Gasteiger partial charge in [0.2, 0.25) is 5.91 Å². The zero-order valence-corrected chi connectivity index (χ0v) is 22.0. The van der Waals surface area contributed by atoms with Crippen molar-refractivity contribution in [2.75, 3.05) is 27.3 Å². The smallest absolute Gasteiger partial charge is 0.326 e. The van der Waals surface area contributed by atoms with Crippen LogP contribution >= 0.6 is 11.3 Å². The molecule has 0 bridgehead atoms. The Balaban J connectivity index is 1.78. The minimum absolute atomic E-state index is 0.174. The lowest BCUT2D eigenvalue weighted by molar-refractivity contribution is -0.141. The normalized spacial score (nSPS) is 11.4. The summed E-state index contributed by atoms with van der Waals surface area (Å²) in [5.74, 6) is -1.04. The van der Waals surface area contributed by atoms with E-state index in [2.05, 4.69) is 5.32 Å². The van der Waals surface area contributed by atoms with Crippen molar-refractivity contribution in [3.8, 4) is 11.5 Å². The number of carboxylic acids is 1. The summed E-state index contributed by atoms with van der Waals surface area (Å²) in [6, 6.07) is 15.7. The Bertz CT molecular complexity index is 1170. The van der Waals surface area contributed by atoms with Gasteiger partial charge >= 0.3 is 5.97 Å². The Kier molecular flexibility index (Phi) is 10.1. The van der Waals surface area contributed by atoms with Crippen LogP contribution in [0.5, 0.6) is 11.5 Å². The molecule has 0 radical (unpaired) electrons. The lowest BCUT2D eigenvalue weighted by Gasteiger charge is -2.24. The number of rotatable bonds is 13. The van der Waals surface area contributed by atoms with E-state index in [0.29, 0.717) is 30.0 Å². The predicted octanol–water partition coefficient (Wildman–Crippen LogP) is 3.96. The molecular weight excluding hydrogens is 492 g/mol. The third kappa shape index (κ3) is 7.82. The summed E-state index contributed by atoms with van der Waals surface area (Å²) in [5, 5.41) is 14.1. The summed E-state index contributed by atoms with van der Waals surface area (Å²) in [7, 11) is 3.03. The Morgan fingerprint density at radius 3 is 2.27 bits per heavy atom. The highest BCUT2D eigenvalue weighted by molar-refractivity contribution is 7.09. The van der Waals surface area contributed by atoms with Gasteiger partial charge < -0.3 is 24.8 Å². The highest BCUT2D eigenvalue weighted by Crippen LogP contribution is 2.30. The van der Waals surface area contributed by atoms with E-state index in [4.69, 9.17) is 9.47 Å². The van der Waals surface area contributed by atoms with Crippen molar-refractivity contribution in [3.63, 3.8) is 0 Å². The molecule has 3 rings (SSSR count). The minimum atomic E-state index is -1.13. The van der Waals surface area contributed by atoms with Gasteiger partial charge in [0, 0.05) is 29.0 Å². The number of benzene rings is 2. The first-order chi connectivity index (χ1) is 17.8. The highest BCUT2D eigenvalue weighted by atomic mass is 32.1. The van der Waals surface area contributed by atoms with Crippen LogP contribution in [0.4, 0.5) is 0 Å². The number of carbonyl (C=O) groups is 3. The monoisotopic (exact) mass is 524 g/mol. The summed E-state index contributed by atoms with van der Waals surface area (Å²) in [6.45, 7) is 1.86. The van der Waals surface area contributed by atoms with Gasteiger partial charge in [0.05, 0.1) is 20.8 Å². The molecule has 0 saturated carbocycles. The Morgan fingerprint density at radius 2 is 1.70 bits per heavy atom. The van der Waals surface area contributed by atoms with Gasteiger partial charge in [0.15, 0.2) is 0 Å². The number of methoxy groups -OCH3 is 2. The van der Waals surface area contributed by atoms with Gasteiger partial charge in [-0.1, -0.05) is 36.4 Å². The number of carboxylic acid groups (broad SMARTS) is 1. The van der Waals surface area contributed by atoms with E-state index in [1.54, 1.807) is 12.1 Å². The zero-order valence-electron chi connectivity index (χ0n) is 21.2. The van der Waals surface area contributed by atoms with Gasteiger partial charge in [-0.15, -0.1) is 11.3 Å². The van der Waals surface area contributed by atoms with E-state index < -0.39 is 17.9 Å². The van der Waals surface area contributed by atoms with E-state index in [1.807, 2.05) is 54.8 Å². The molecule has 0 fully saturated rings. The molecule has 1 unspecified atom stereocenters. The average Bonchev–Trinajstić information content (AvgIpc) is 3.41. The third-order valence-corrected chi connectivity index (χ3v) is 6.87. The molecule has 0 saturated heterocycles. The van der Waals surface area contributed by atoms with Gasteiger partial charge in [-0.3, -0.25) is 9.59 Å². The molecule has 0 spiro atoms. The number of hydrogen-bond donors (Lipinski definition) is 2. The maximum Gasteiger partial charge on any atom is 0.326 e. The Morgan fingerprint density at radius 1 is 1.03 bits per heavy atom. The van der Waals surface area contributed by atoms with Gasteiger partial charge in [-0.25, -0.2) is 4.79 Å². The summed E-state index contributed by atoms with van der Waals surface area (Å²) < 4.78 is 10.8. The molecule has 2 N–H and O–H groups in total. The van der Waals surface area contributed by atoms with E-state index in [9.17, 15) is 19.5 Å². The standard InChI is InChI=1S/C28H32N2O6S/c1-19-24(35-2)15-21(16-25(19)36-3)27(32)30(13-7-11-20-9-5-4-6-10-20)18-26(31)29-23(28(33)34)17-22-12-8-14-37-22/h4-6,8-10,12,14-16,23H,7,11,13,17-18H2,1-3H3,(H,29,31)(H,33,34). The molecule has 0 aliphatic rings. The molecule has 37 heavy (non-hydrogen) atoms. The van der Waals surface area contributed by atoms with Crippen LogP contribution in [-0.4, -0.2) is 61.1 Å².